The van der Waals surface area contributed by atoms with Crippen molar-refractivity contribution in [3.8, 4) is 6.07 Å². The third kappa shape index (κ3) is 3.75. The Morgan fingerprint density at radius 1 is 1.62 bits per heavy atom. The normalized spacial score (nSPS) is 26.0. The smallest absolute Gasteiger partial charge is 0.104 e. The largest absolute Gasteiger partial charge is 0.376 e. The Morgan fingerprint density at radius 3 is 2.94 bits per heavy atom. The molecule has 2 unspecified atom stereocenters. The molecule has 4 heteroatoms. The van der Waals surface area contributed by atoms with E-state index in [9.17, 15) is 0 Å². The number of nitrogens with one attached hydrogen (secondary N) is 1. The number of ether oxygens (including phenoxy) is 1. The molecule has 0 radical (unpaired) electrons. The van der Waals surface area contributed by atoms with Gasteiger partial charge in [0.05, 0.1) is 18.8 Å². The first-order chi connectivity index (χ1) is 7.63. The van der Waals surface area contributed by atoms with Crippen molar-refractivity contribution < 1.29 is 4.74 Å². The highest BCUT2D eigenvalue weighted by Gasteiger charge is 2.24. The van der Waals surface area contributed by atoms with E-state index < -0.39 is 5.54 Å². The summed E-state index contributed by atoms with van der Waals surface area (Å²) in [5.74, 6) is 0. The Labute approximate surface area is 98.6 Å². The third-order valence-corrected chi connectivity index (χ3v) is 3.40. The monoisotopic (exact) mass is 225 g/mol. The van der Waals surface area contributed by atoms with E-state index in [0.717, 1.165) is 39.1 Å². The molecule has 92 valence electrons. The van der Waals surface area contributed by atoms with Crippen LogP contribution in [0.3, 0.4) is 0 Å². The Bertz CT molecular complexity index is 251. The second-order valence-corrected chi connectivity index (χ2v) is 4.65. The molecule has 4 nitrogen and oxygen atoms in total. The molecule has 1 fully saturated rings. The minimum Gasteiger partial charge on any atom is -0.376 e. The molecular formula is C12H23N3O. The van der Waals surface area contributed by atoms with Crippen LogP contribution < -0.4 is 5.32 Å². The molecule has 0 aromatic rings. The molecule has 0 spiro atoms. The fourth-order valence-corrected chi connectivity index (χ4v) is 1.85. The zero-order valence-electron chi connectivity index (χ0n) is 10.6. The van der Waals surface area contributed by atoms with Crippen LogP contribution in [0.1, 0.15) is 26.7 Å². The van der Waals surface area contributed by atoms with Crippen LogP contribution in [0.5, 0.6) is 0 Å². The highest BCUT2D eigenvalue weighted by Crippen LogP contribution is 2.12. The van der Waals surface area contributed by atoms with Gasteiger partial charge in [-0.05, 0) is 26.8 Å². The zero-order chi connectivity index (χ0) is 12.0. The lowest BCUT2D eigenvalue weighted by molar-refractivity contribution is -0.0309. The highest BCUT2D eigenvalue weighted by atomic mass is 16.5. The van der Waals surface area contributed by atoms with Crippen LogP contribution in [0.4, 0.5) is 0 Å². The van der Waals surface area contributed by atoms with Gasteiger partial charge in [-0.25, -0.2) is 0 Å². The van der Waals surface area contributed by atoms with E-state index in [1.54, 1.807) is 0 Å². The predicted octanol–water partition coefficient (Wildman–Crippen LogP) is 0.989. The number of nitriles is 1. The maximum absolute atomic E-state index is 9.06. The predicted molar refractivity (Wildman–Crippen MR) is 64.2 cm³/mol. The fourth-order valence-electron chi connectivity index (χ4n) is 1.85. The van der Waals surface area contributed by atoms with E-state index in [1.165, 1.54) is 0 Å². The van der Waals surface area contributed by atoms with Crippen LogP contribution in [0.25, 0.3) is 0 Å². The molecule has 1 saturated heterocycles. The van der Waals surface area contributed by atoms with Gasteiger partial charge in [0.15, 0.2) is 0 Å². The van der Waals surface area contributed by atoms with E-state index in [0.29, 0.717) is 6.10 Å². The van der Waals surface area contributed by atoms with Crippen molar-refractivity contribution in [2.24, 2.45) is 0 Å². The topological polar surface area (TPSA) is 48.3 Å². The number of hydrogen-bond acceptors (Lipinski definition) is 4. The Balaban J connectivity index is 2.35. The van der Waals surface area contributed by atoms with Crippen molar-refractivity contribution >= 4 is 0 Å². The molecule has 1 rings (SSSR count). The first-order valence-electron chi connectivity index (χ1n) is 6.07. The van der Waals surface area contributed by atoms with Gasteiger partial charge in [-0.1, -0.05) is 6.92 Å². The van der Waals surface area contributed by atoms with Crippen LogP contribution in [0.15, 0.2) is 0 Å². The number of morpholine rings is 1. The quantitative estimate of drug-likeness (QED) is 0.758. The average molecular weight is 225 g/mol. The molecule has 16 heavy (non-hydrogen) atoms. The summed E-state index contributed by atoms with van der Waals surface area (Å²) >= 11 is 0. The average Bonchev–Trinajstić information content (AvgIpc) is 2.36. The van der Waals surface area contributed by atoms with E-state index >= 15 is 0 Å². The second kappa shape index (κ2) is 6.19. The molecule has 0 aromatic heterocycles. The molecule has 0 aliphatic carbocycles. The van der Waals surface area contributed by atoms with Gasteiger partial charge >= 0.3 is 0 Å². The summed E-state index contributed by atoms with van der Waals surface area (Å²) < 4.78 is 5.62. The SMILES string of the molecule is CCC1CN(CCC(C)(C#N)NC)CCO1. The lowest BCUT2D eigenvalue weighted by Crippen LogP contribution is -2.46. The highest BCUT2D eigenvalue weighted by molar-refractivity contribution is 5.03. The summed E-state index contributed by atoms with van der Waals surface area (Å²) in [6.45, 7) is 7.88. The summed E-state index contributed by atoms with van der Waals surface area (Å²) in [5.41, 5.74) is -0.403. The van der Waals surface area contributed by atoms with Gasteiger partial charge in [0.1, 0.15) is 5.54 Å². The van der Waals surface area contributed by atoms with Crippen LogP contribution in [0.2, 0.25) is 0 Å². The molecule has 1 N–H and O–H groups in total. The maximum Gasteiger partial charge on any atom is 0.104 e. The molecule has 0 aromatic carbocycles. The van der Waals surface area contributed by atoms with E-state index in [2.05, 4.69) is 23.2 Å². The van der Waals surface area contributed by atoms with Crippen molar-refractivity contribution in [1.82, 2.24) is 10.2 Å². The van der Waals surface area contributed by atoms with Crippen molar-refractivity contribution in [3.05, 3.63) is 0 Å². The molecule has 2 atom stereocenters. The number of nitrogens with zero attached hydrogens (tertiary/aromatic N) is 2. The molecule has 0 bridgehead atoms. The first-order valence-corrected chi connectivity index (χ1v) is 6.07. The van der Waals surface area contributed by atoms with Crippen LogP contribution in [-0.2, 0) is 4.74 Å². The molecule has 0 saturated carbocycles. The fraction of sp³-hybridized carbons (Fsp3) is 0.917. The van der Waals surface area contributed by atoms with Crippen LogP contribution in [0, 0.1) is 11.3 Å². The van der Waals surface area contributed by atoms with Gasteiger partial charge < -0.3 is 10.1 Å². The first kappa shape index (κ1) is 13.4. The van der Waals surface area contributed by atoms with Gasteiger partial charge in [-0.15, -0.1) is 0 Å². The van der Waals surface area contributed by atoms with Crippen LogP contribution >= 0.6 is 0 Å². The second-order valence-electron chi connectivity index (χ2n) is 4.65. The van der Waals surface area contributed by atoms with Crippen molar-refractivity contribution in [3.63, 3.8) is 0 Å². The van der Waals surface area contributed by atoms with Crippen molar-refractivity contribution in [2.45, 2.75) is 38.3 Å². The summed E-state index contributed by atoms with van der Waals surface area (Å²) in [5, 5.41) is 12.1. The van der Waals surface area contributed by atoms with E-state index in [4.69, 9.17) is 10.00 Å². The summed E-state index contributed by atoms with van der Waals surface area (Å²) in [6, 6.07) is 2.32. The van der Waals surface area contributed by atoms with Crippen LogP contribution in [-0.4, -0.2) is 49.8 Å². The molecule has 0 amide bonds. The minimum absolute atomic E-state index is 0.372. The van der Waals surface area contributed by atoms with Gasteiger partial charge in [0.25, 0.3) is 0 Å². The maximum atomic E-state index is 9.06. The minimum atomic E-state index is -0.403. The third-order valence-electron chi connectivity index (χ3n) is 3.40. The Hall–Kier alpha value is -0.630. The molecular weight excluding hydrogens is 202 g/mol. The van der Waals surface area contributed by atoms with Gasteiger partial charge in [-0.3, -0.25) is 4.90 Å². The summed E-state index contributed by atoms with van der Waals surface area (Å²) in [7, 11) is 1.84. The van der Waals surface area contributed by atoms with Crippen molar-refractivity contribution in [2.75, 3.05) is 33.3 Å². The van der Waals surface area contributed by atoms with Gasteiger partial charge in [-0.2, -0.15) is 5.26 Å². The molecule has 1 aliphatic heterocycles. The molecule has 1 heterocycles. The Morgan fingerprint density at radius 2 is 2.38 bits per heavy atom. The van der Waals surface area contributed by atoms with Gasteiger partial charge in [0.2, 0.25) is 0 Å². The number of hydrogen-bond donors (Lipinski definition) is 1. The Kier molecular flexibility index (Phi) is 5.20. The summed E-state index contributed by atoms with van der Waals surface area (Å²) in [6.07, 6.45) is 2.30. The molecule has 1 aliphatic rings. The summed E-state index contributed by atoms with van der Waals surface area (Å²) in [4.78, 5) is 2.39. The number of rotatable bonds is 5. The lowest BCUT2D eigenvalue weighted by Gasteiger charge is -2.34. The van der Waals surface area contributed by atoms with E-state index in [-0.39, 0.29) is 0 Å². The zero-order valence-corrected chi connectivity index (χ0v) is 10.6. The van der Waals surface area contributed by atoms with Gasteiger partial charge in [0, 0.05) is 19.6 Å². The standard InChI is InChI=1S/C12H23N3O/c1-4-11-9-15(7-8-16-11)6-5-12(2,10-13)14-3/h11,14H,4-9H2,1-3H3. The van der Waals surface area contributed by atoms with E-state index in [1.807, 2.05) is 14.0 Å². The lowest BCUT2D eigenvalue weighted by atomic mass is 10.00. The van der Waals surface area contributed by atoms with Crippen molar-refractivity contribution in [1.29, 1.82) is 5.26 Å².